The van der Waals surface area contributed by atoms with E-state index in [9.17, 15) is 8.42 Å². The van der Waals surface area contributed by atoms with Gasteiger partial charge in [0.2, 0.25) is 0 Å². The van der Waals surface area contributed by atoms with E-state index < -0.39 is 10.0 Å². The highest BCUT2D eigenvalue weighted by Gasteiger charge is 2.27. The molecule has 0 N–H and O–H groups in total. The lowest BCUT2D eigenvalue weighted by Gasteiger charge is -2.15. The molecule has 0 unspecified atom stereocenters. The van der Waals surface area contributed by atoms with Crippen molar-refractivity contribution in [3.63, 3.8) is 0 Å². The SMILES string of the molecule is Cc1ccc(S(=O)(=O)n2cc3c(c2-c2ccccc2)CCCC3)cc1. The van der Waals surface area contributed by atoms with E-state index in [1.165, 1.54) is 15.1 Å². The second-order valence-corrected chi connectivity index (χ2v) is 8.48. The summed E-state index contributed by atoms with van der Waals surface area (Å²) >= 11 is 0. The van der Waals surface area contributed by atoms with Crippen molar-refractivity contribution in [1.29, 1.82) is 0 Å². The number of fused-ring (bicyclic) bond motifs is 1. The zero-order chi connectivity index (χ0) is 17.4. The molecule has 1 heterocycles. The first-order valence-corrected chi connectivity index (χ1v) is 10.1. The molecule has 1 aliphatic rings. The molecular formula is C21H21NO2S. The Morgan fingerprint density at radius 2 is 1.56 bits per heavy atom. The second-order valence-electron chi connectivity index (χ2n) is 6.67. The van der Waals surface area contributed by atoms with Gasteiger partial charge in [-0.1, -0.05) is 48.0 Å². The average Bonchev–Trinajstić information content (AvgIpc) is 3.03. The standard InChI is InChI=1S/C21H21NO2S/c1-16-11-13-19(14-12-16)25(23,24)22-15-18-9-5-6-10-20(18)21(22)17-7-3-2-4-8-17/h2-4,7-8,11-15H,5-6,9-10H2,1H3. The Balaban J connectivity index is 1.95. The molecule has 4 heteroatoms. The number of aromatic nitrogens is 1. The highest BCUT2D eigenvalue weighted by atomic mass is 32.2. The minimum Gasteiger partial charge on any atom is -0.241 e. The summed E-state index contributed by atoms with van der Waals surface area (Å²) in [4.78, 5) is 0.336. The molecule has 4 rings (SSSR count). The molecule has 0 saturated carbocycles. The first kappa shape index (κ1) is 16.2. The molecule has 0 fully saturated rings. The van der Waals surface area contributed by atoms with E-state index in [4.69, 9.17) is 0 Å². The maximum Gasteiger partial charge on any atom is 0.268 e. The van der Waals surface area contributed by atoms with Gasteiger partial charge >= 0.3 is 0 Å². The third-order valence-electron chi connectivity index (χ3n) is 4.91. The minimum absolute atomic E-state index is 0.336. The zero-order valence-corrected chi connectivity index (χ0v) is 15.1. The van der Waals surface area contributed by atoms with Gasteiger partial charge in [-0.25, -0.2) is 12.4 Å². The Hall–Kier alpha value is -2.33. The molecule has 1 aliphatic carbocycles. The van der Waals surface area contributed by atoms with Gasteiger partial charge < -0.3 is 0 Å². The van der Waals surface area contributed by atoms with Gasteiger partial charge in [-0.2, -0.15) is 0 Å². The molecule has 2 aromatic carbocycles. The largest absolute Gasteiger partial charge is 0.268 e. The van der Waals surface area contributed by atoms with E-state index in [0.717, 1.165) is 42.5 Å². The fraction of sp³-hybridized carbons (Fsp3) is 0.238. The molecule has 0 amide bonds. The molecule has 128 valence electrons. The van der Waals surface area contributed by atoms with Crippen molar-refractivity contribution in [3.8, 4) is 11.3 Å². The highest BCUT2D eigenvalue weighted by molar-refractivity contribution is 7.90. The quantitative estimate of drug-likeness (QED) is 0.693. The van der Waals surface area contributed by atoms with Crippen LogP contribution in [0.15, 0.2) is 65.7 Å². The number of aryl methyl sites for hydroxylation is 2. The van der Waals surface area contributed by atoms with Crippen molar-refractivity contribution in [2.45, 2.75) is 37.5 Å². The number of benzene rings is 2. The molecule has 0 radical (unpaired) electrons. The summed E-state index contributed by atoms with van der Waals surface area (Å²) in [6.07, 6.45) is 5.96. The Kier molecular flexibility index (Phi) is 4.00. The number of hydrogen-bond acceptors (Lipinski definition) is 2. The summed E-state index contributed by atoms with van der Waals surface area (Å²) in [7, 11) is -3.61. The normalized spacial score (nSPS) is 14.3. The molecule has 0 spiro atoms. The van der Waals surface area contributed by atoms with Crippen LogP contribution in [-0.4, -0.2) is 12.4 Å². The van der Waals surface area contributed by atoms with Crippen LogP contribution in [-0.2, 0) is 22.9 Å². The Morgan fingerprint density at radius 1 is 0.880 bits per heavy atom. The second kappa shape index (κ2) is 6.19. The molecule has 0 aliphatic heterocycles. The van der Waals surface area contributed by atoms with Crippen molar-refractivity contribution >= 4 is 10.0 Å². The Bertz CT molecular complexity index is 1000. The van der Waals surface area contributed by atoms with E-state index in [1.54, 1.807) is 12.1 Å². The molecule has 0 atom stereocenters. The van der Waals surface area contributed by atoms with Gasteiger partial charge in [-0.3, -0.25) is 0 Å². The summed E-state index contributed by atoms with van der Waals surface area (Å²) in [5.41, 5.74) is 5.19. The first-order chi connectivity index (χ1) is 12.1. The van der Waals surface area contributed by atoms with Gasteiger partial charge in [0, 0.05) is 6.20 Å². The summed E-state index contributed by atoms with van der Waals surface area (Å²) in [6, 6.07) is 16.9. The monoisotopic (exact) mass is 351 g/mol. The average molecular weight is 351 g/mol. The van der Waals surface area contributed by atoms with Crippen molar-refractivity contribution in [1.82, 2.24) is 3.97 Å². The molecular weight excluding hydrogens is 330 g/mol. The molecule has 0 bridgehead atoms. The number of rotatable bonds is 3. The predicted molar refractivity (Wildman–Crippen MR) is 100 cm³/mol. The smallest absolute Gasteiger partial charge is 0.241 e. The summed E-state index contributed by atoms with van der Waals surface area (Å²) in [6.45, 7) is 1.96. The number of hydrogen-bond donors (Lipinski definition) is 0. The van der Waals surface area contributed by atoms with Crippen LogP contribution in [0.4, 0.5) is 0 Å². The molecule has 0 saturated heterocycles. The van der Waals surface area contributed by atoms with Crippen LogP contribution in [0.1, 0.15) is 29.5 Å². The van der Waals surface area contributed by atoms with Crippen LogP contribution < -0.4 is 0 Å². The van der Waals surface area contributed by atoms with Gasteiger partial charge in [-0.05, 0) is 61.4 Å². The van der Waals surface area contributed by atoms with E-state index in [0.29, 0.717) is 4.90 Å². The fourth-order valence-electron chi connectivity index (χ4n) is 3.59. The fourth-order valence-corrected chi connectivity index (χ4v) is 5.02. The third-order valence-corrected chi connectivity index (χ3v) is 6.59. The molecule has 3 aromatic rings. The Labute approximate surface area is 149 Å². The molecule has 25 heavy (non-hydrogen) atoms. The van der Waals surface area contributed by atoms with Crippen LogP contribution in [0.2, 0.25) is 0 Å². The molecule has 3 nitrogen and oxygen atoms in total. The van der Waals surface area contributed by atoms with Gasteiger partial charge in [0.15, 0.2) is 0 Å². The highest BCUT2D eigenvalue weighted by Crippen LogP contribution is 2.35. The van der Waals surface area contributed by atoms with E-state index in [1.807, 2.05) is 55.6 Å². The first-order valence-electron chi connectivity index (χ1n) is 8.68. The van der Waals surface area contributed by atoms with Gasteiger partial charge in [0.05, 0.1) is 10.6 Å². The summed E-state index contributed by atoms with van der Waals surface area (Å²) in [5, 5.41) is 0. The van der Waals surface area contributed by atoms with Crippen LogP contribution >= 0.6 is 0 Å². The third kappa shape index (κ3) is 2.81. The van der Waals surface area contributed by atoms with E-state index >= 15 is 0 Å². The maximum absolute atomic E-state index is 13.3. The van der Waals surface area contributed by atoms with Crippen molar-refractivity contribution < 1.29 is 8.42 Å². The zero-order valence-electron chi connectivity index (χ0n) is 14.3. The minimum atomic E-state index is -3.61. The van der Waals surface area contributed by atoms with Crippen molar-refractivity contribution in [2.75, 3.05) is 0 Å². The van der Waals surface area contributed by atoms with Crippen molar-refractivity contribution in [2.24, 2.45) is 0 Å². The van der Waals surface area contributed by atoms with Gasteiger partial charge in [-0.15, -0.1) is 0 Å². The van der Waals surface area contributed by atoms with Crippen molar-refractivity contribution in [3.05, 3.63) is 77.5 Å². The lowest BCUT2D eigenvalue weighted by Crippen LogP contribution is -2.13. The van der Waals surface area contributed by atoms with Crippen LogP contribution in [0, 0.1) is 6.92 Å². The van der Waals surface area contributed by atoms with Gasteiger partial charge in [0.25, 0.3) is 10.0 Å². The lowest BCUT2D eigenvalue weighted by molar-refractivity contribution is 0.588. The van der Waals surface area contributed by atoms with Crippen LogP contribution in [0.25, 0.3) is 11.3 Å². The lowest BCUT2D eigenvalue weighted by atomic mass is 9.92. The predicted octanol–water partition coefficient (Wildman–Crippen LogP) is 4.58. The van der Waals surface area contributed by atoms with Crippen LogP contribution in [0.3, 0.4) is 0 Å². The topological polar surface area (TPSA) is 39.1 Å². The Morgan fingerprint density at radius 3 is 2.28 bits per heavy atom. The van der Waals surface area contributed by atoms with E-state index in [2.05, 4.69) is 0 Å². The molecule has 1 aromatic heterocycles. The summed E-state index contributed by atoms with van der Waals surface area (Å²) < 4.78 is 28.1. The van der Waals surface area contributed by atoms with E-state index in [-0.39, 0.29) is 0 Å². The summed E-state index contributed by atoms with van der Waals surface area (Å²) in [5.74, 6) is 0. The van der Waals surface area contributed by atoms with Crippen LogP contribution in [0.5, 0.6) is 0 Å². The maximum atomic E-state index is 13.3. The van der Waals surface area contributed by atoms with Gasteiger partial charge in [0.1, 0.15) is 0 Å². The number of nitrogens with zero attached hydrogens (tertiary/aromatic N) is 1.